The van der Waals surface area contributed by atoms with Crippen LogP contribution in [0.1, 0.15) is 102 Å². The molecule has 0 amide bonds. The van der Waals surface area contributed by atoms with Gasteiger partial charge in [0.25, 0.3) is 0 Å². The summed E-state index contributed by atoms with van der Waals surface area (Å²) >= 11 is -2.44. The fourth-order valence-corrected chi connectivity index (χ4v) is 15.7. The van der Waals surface area contributed by atoms with Gasteiger partial charge in [-0.1, -0.05) is 0 Å². The summed E-state index contributed by atoms with van der Waals surface area (Å²) in [5, 5.41) is 0. The predicted molar refractivity (Wildman–Crippen MR) is 204 cm³/mol. The first-order valence-electron chi connectivity index (χ1n) is 16.3. The number of fused-ring (bicyclic) bond motifs is 3. The zero-order valence-corrected chi connectivity index (χ0v) is 33.4. The first-order chi connectivity index (χ1) is 20.8. The van der Waals surface area contributed by atoms with Crippen molar-refractivity contribution >= 4 is 42.4 Å². The molecule has 0 heterocycles. The maximum atomic E-state index is 2.71. The van der Waals surface area contributed by atoms with Crippen LogP contribution in [-0.4, -0.2) is 3.21 Å². The van der Waals surface area contributed by atoms with E-state index in [1.165, 1.54) is 55.7 Å². The predicted octanol–water partition coefficient (Wildman–Crippen LogP) is 12.4. The maximum Gasteiger partial charge on any atom is -0.147 e. The summed E-state index contributed by atoms with van der Waals surface area (Å²) in [5.41, 5.74) is 14.2. The van der Waals surface area contributed by atoms with Gasteiger partial charge in [0, 0.05) is 0 Å². The Morgan fingerprint density at radius 1 is 0.761 bits per heavy atom. The minimum Gasteiger partial charge on any atom is -0.147 e. The van der Waals surface area contributed by atoms with E-state index in [9.17, 15) is 0 Å². The van der Waals surface area contributed by atoms with E-state index in [2.05, 4.69) is 166 Å². The summed E-state index contributed by atoms with van der Waals surface area (Å²) in [6, 6.07) is 27.8. The van der Waals surface area contributed by atoms with E-state index >= 15 is 0 Å². The van der Waals surface area contributed by atoms with E-state index in [-0.39, 0.29) is 41.1 Å². The van der Waals surface area contributed by atoms with Crippen LogP contribution >= 0.6 is 24.8 Å². The van der Waals surface area contributed by atoms with Gasteiger partial charge in [-0.2, -0.15) is 0 Å². The van der Waals surface area contributed by atoms with Crippen LogP contribution in [0.15, 0.2) is 112 Å². The van der Waals surface area contributed by atoms with Gasteiger partial charge in [-0.05, 0) is 0 Å². The topological polar surface area (TPSA) is 0 Å². The Hall–Kier alpha value is -2.31. The fourth-order valence-electron chi connectivity index (χ4n) is 8.27. The molecule has 0 nitrogen and oxygen atoms in total. The fraction of sp³-hybridized carbons (Fsp3) is 0.326. The van der Waals surface area contributed by atoms with E-state index in [0.717, 1.165) is 6.42 Å². The molecule has 3 aliphatic rings. The van der Waals surface area contributed by atoms with Crippen molar-refractivity contribution in [1.82, 2.24) is 0 Å². The molecule has 0 aliphatic heterocycles. The first-order valence-corrected chi connectivity index (χ1v) is 20.0. The van der Waals surface area contributed by atoms with Crippen molar-refractivity contribution in [2.75, 3.05) is 0 Å². The summed E-state index contributed by atoms with van der Waals surface area (Å²) in [5.74, 6) is 0. The molecule has 0 saturated heterocycles. The van der Waals surface area contributed by atoms with Gasteiger partial charge in [0.15, 0.2) is 0 Å². The molecule has 3 aliphatic carbocycles. The van der Waals surface area contributed by atoms with Crippen LogP contribution in [0.5, 0.6) is 0 Å². The van der Waals surface area contributed by atoms with Crippen LogP contribution in [-0.2, 0) is 32.1 Å². The van der Waals surface area contributed by atoms with Crippen LogP contribution in [0.3, 0.4) is 0 Å². The number of halogens is 2. The van der Waals surface area contributed by atoms with E-state index in [1.54, 1.807) is 9.77 Å². The molecule has 0 spiro atoms. The van der Waals surface area contributed by atoms with Crippen molar-refractivity contribution in [3.63, 3.8) is 0 Å². The molecule has 1 unspecified atom stereocenters. The Balaban J connectivity index is 0.00000240. The molecule has 3 aromatic rings. The molecule has 0 fully saturated rings. The monoisotopic (exact) mass is 726 g/mol. The molecule has 0 radical (unpaired) electrons. The van der Waals surface area contributed by atoms with Crippen molar-refractivity contribution < 1.29 is 21.3 Å². The average Bonchev–Trinajstić information content (AvgIpc) is 3.59. The summed E-state index contributed by atoms with van der Waals surface area (Å²) in [4.78, 5) is 0. The molecule has 0 bridgehead atoms. The van der Waals surface area contributed by atoms with E-state index in [0.29, 0.717) is 0 Å². The third kappa shape index (κ3) is 5.84. The Bertz CT molecular complexity index is 1850. The average molecular weight is 729 g/mol. The molecular weight excluding hydrogens is 679 g/mol. The Labute approximate surface area is 298 Å². The van der Waals surface area contributed by atoms with Gasteiger partial charge >= 0.3 is 276 Å². The van der Waals surface area contributed by atoms with Crippen LogP contribution in [0.2, 0.25) is 0 Å². The van der Waals surface area contributed by atoms with Crippen LogP contribution in [0, 0.1) is 12.3 Å². The van der Waals surface area contributed by atoms with Crippen molar-refractivity contribution in [2.24, 2.45) is 5.41 Å². The van der Waals surface area contributed by atoms with Crippen molar-refractivity contribution in [3.8, 4) is 0 Å². The maximum absolute atomic E-state index is 2.71. The van der Waals surface area contributed by atoms with E-state index in [1.807, 2.05) is 0 Å². The Kier molecular flexibility index (Phi) is 10.6. The summed E-state index contributed by atoms with van der Waals surface area (Å²) in [7, 11) is 0. The summed E-state index contributed by atoms with van der Waals surface area (Å²) in [6.07, 6.45) is 10.9. The third-order valence-corrected chi connectivity index (χ3v) is 17.6. The molecule has 0 N–H and O–H groups in total. The molecular formula is C43H50Cl2Zr. The summed E-state index contributed by atoms with van der Waals surface area (Å²) in [6.45, 7) is 24.0. The molecule has 0 saturated carbocycles. The molecule has 6 rings (SSSR count). The van der Waals surface area contributed by atoms with Crippen molar-refractivity contribution in [3.05, 3.63) is 145 Å². The first kappa shape index (κ1) is 36.5. The summed E-state index contributed by atoms with van der Waals surface area (Å²) < 4.78 is 5.02. The standard InChI is InChI=1S/C35H37.C5H5.C3H6.2ClH.Zr/c1-23-19-26-20-29-30(28(26)21-31(23)33(3,4)5)22-35(34(6,7)8,27-17-13-10-14-18-27)24(2)32(29)25-15-11-9-12-16-25;1-2-4-5-3-1;1-3-2;;;/h9-19,21-22H,1-8H3;1-3H,4H2;1-2H3;2*1H;. The van der Waals surface area contributed by atoms with Crippen molar-refractivity contribution in [2.45, 2.75) is 86.5 Å². The number of benzene rings is 3. The largest absolute Gasteiger partial charge is 0.147 e. The van der Waals surface area contributed by atoms with Gasteiger partial charge in [-0.25, -0.2) is 0 Å². The molecule has 0 aromatic heterocycles. The Morgan fingerprint density at radius 3 is 1.89 bits per heavy atom. The SMILES string of the molecule is CC1=C(c2ccccc2)C2=[C]([Zr]([C]3=CC=CC3)=[C](C)C)c3cc(C)c(C(C)(C)C)cc3C2=CC1(c1ccccc1)C(C)(C)C.Cl.Cl. The molecule has 3 heteroatoms. The number of aryl methyl sites for hydroxylation is 1. The van der Waals surface area contributed by atoms with Crippen molar-refractivity contribution in [1.29, 1.82) is 0 Å². The second-order valence-corrected chi connectivity index (χ2v) is 22.4. The zero-order chi connectivity index (χ0) is 31.6. The number of hydrogen-bond donors (Lipinski definition) is 0. The number of allylic oxidation sites excluding steroid dienone is 9. The molecule has 240 valence electrons. The van der Waals surface area contributed by atoms with Crippen LogP contribution in [0.25, 0.3) is 14.4 Å². The minimum atomic E-state index is -2.44. The quantitative estimate of drug-likeness (QED) is 0.251. The van der Waals surface area contributed by atoms with Gasteiger partial charge in [-0.15, -0.1) is 24.8 Å². The van der Waals surface area contributed by atoms with Gasteiger partial charge < -0.3 is 0 Å². The zero-order valence-electron chi connectivity index (χ0n) is 29.3. The second kappa shape index (κ2) is 13.3. The molecule has 1 atom stereocenters. The number of hydrogen-bond acceptors (Lipinski definition) is 0. The molecule has 3 aromatic carbocycles. The van der Waals surface area contributed by atoms with Crippen LogP contribution in [0.4, 0.5) is 0 Å². The second-order valence-electron chi connectivity index (χ2n) is 15.3. The normalized spacial score (nSPS) is 18.7. The van der Waals surface area contributed by atoms with E-state index in [4.69, 9.17) is 0 Å². The van der Waals surface area contributed by atoms with Gasteiger partial charge in [-0.3, -0.25) is 0 Å². The number of rotatable bonds is 4. The Morgan fingerprint density at radius 2 is 1.37 bits per heavy atom. The van der Waals surface area contributed by atoms with Gasteiger partial charge in [0.2, 0.25) is 0 Å². The van der Waals surface area contributed by atoms with Gasteiger partial charge in [0.1, 0.15) is 0 Å². The minimum absolute atomic E-state index is 0. The van der Waals surface area contributed by atoms with Gasteiger partial charge in [0.05, 0.1) is 0 Å². The smallest absolute Gasteiger partial charge is 0.147 e. The third-order valence-electron chi connectivity index (χ3n) is 10.1. The molecule has 46 heavy (non-hydrogen) atoms. The van der Waals surface area contributed by atoms with Crippen LogP contribution < -0.4 is 0 Å². The van der Waals surface area contributed by atoms with E-state index < -0.39 is 21.3 Å².